The van der Waals surface area contributed by atoms with E-state index in [9.17, 15) is 14.6 Å². The van der Waals surface area contributed by atoms with Gasteiger partial charge in [-0.2, -0.15) is 0 Å². The second kappa shape index (κ2) is 4.90. The van der Waals surface area contributed by atoms with E-state index < -0.39 is 24.4 Å². The zero-order valence-corrected chi connectivity index (χ0v) is 14.0. The highest BCUT2D eigenvalue weighted by atomic mass is 19.1. The van der Waals surface area contributed by atoms with Gasteiger partial charge in [-0.25, -0.2) is 4.39 Å². The topological polar surface area (TPSA) is 66.5 Å². The molecule has 2 saturated carbocycles. The molecule has 0 aliphatic heterocycles. The smallest absolute Gasteiger partial charge is 0.120 e. The summed E-state index contributed by atoms with van der Waals surface area (Å²) in [6.45, 7) is 4.33. The fourth-order valence-electron chi connectivity index (χ4n) is 6.04. The summed E-state index contributed by atoms with van der Waals surface area (Å²) in [6.07, 6.45) is 5.75. The Morgan fingerprint density at radius 3 is 2.74 bits per heavy atom. The van der Waals surface area contributed by atoms with E-state index in [1.165, 1.54) is 0 Å². The largest absolute Gasteiger partial charge is 0.389 e. The van der Waals surface area contributed by atoms with Crippen molar-refractivity contribution in [2.75, 3.05) is 0 Å². The number of alkyl halides is 1. The lowest BCUT2D eigenvalue weighted by Gasteiger charge is -2.55. The standard InChI is InChI=1S/C19H28FNO2/c1-18-5-3-11(22)7-10(18)8-15(23)16-12(18)4-6-19(2)13(16)9-14(20)17(19)21/h3,5,10-12,14-15,17,22-23H,4,6-9,21H2,1-2H3/t10?,11-,12-,14+,15-,17-,18-,19-/m0/s1. The van der Waals surface area contributed by atoms with Gasteiger partial charge in [-0.15, -0.1) is 0 Å². The molecule has 1 unspecified atom stereocenters. The van der Waals surface area contributed by atoms with Crippen molar-refractivity contribution in [2.45, 2.75) is 70.4 Å². The van der Waals surface area contributed by atoms with Crippen LogP contribution in [0.1, 0.15) is 46.0 Å². The Kier molecular flexibility index (Phi) is 3.37. The highest BCUT2D eigenvalue weighted by molar-refractivity contribution is 5.40. The van der Waals surface area contributed by atoms with Crippen molar-refractivity contribution in [3.8, 4) is 0 Å². The highest BCUT2D eigenvalue weighted by Gasteiger charge is 2.57. The van der Waals surface area contributed by atoms with Crippen LogP contribution in [0.3, 0.4) is 0 Å². The lowest BCUT2D eigenvalue weighted by Crippen LogP contribution is -2.51. The van der Waals surface area contributed by atoms with Crippen LogP contribution < -0.4 is 5.73 Å². The zero-order valence-electron chi connectivity index (χ0n) is 14.0. The fourth-order valence-corrected chi connectivity index (χ4v) is 6.04. The third kappa shape index (κ3) is 1.98. The van der Waals surface area contributed by atoms with E-state index >= 15 is 0 Å². The number of fused-ring (bicyclic) bond motifs is 4. The molecule has 0 spiro atoms. The maximum Gasteiger partial charge on any atom is 0.120 e. The van der Waals surface area contributed by atoms with Crippen molar-refractivity contribution in [3.05, 3.63) is 23.3 Å². The predicted molar refractivity (Wildman–Crippen MR) is 87.3 cm³/mol. The molecule has 4 aliphatic carbocycles. The molecule has 8 atom stereocenters. The molecule has 0 bridgehead atoms. The van der Waals surface area contributed by atoms with Crippen LogP contribution in [-0.2, 0) is 0 Å². The Balaban J connectivity index is 1.83. The predicted octanol–water partition coefficient (Wildman–Crippen LogP) is 2.48. The molecule has 0 amide bonds. The Bertz CT molecular complexity index is 588. The maximum atomic E-state index is 14.3. The van der Waals surface area contributed by atoms with Gasteiger partial charge in [0.25, 0.3) is 0 Å². The second-order valence-electron chi connectivity index (χ2n) is 8.67. The molecule has 4 N–H and O–H groups in total. The summed E-state index contributed by atoms with van der Waals surface area (Å²) in [5.41, 5.74) is 8.02. The van der Waals surface area contributed by atoms with Crippen LogP contribution in [0.2, 0.25) is 0 Å². The third-order valence-corrected chi connectivity index (χ3v) is 7.59. The van der Waals surface area contributed by atoms with E-state index in [1.807, 2.05) is 6.08 Å². The monoisotopic (exact) mass is 321 g/mol. The third-order valence-electron chi connectivity index (χ3n) is 7.59. The van der Waals surface area contributed by atoms with Crippen molar-refractivity contribution < 1.29 is 14.6 Å². The molecule has 0 aromatic heterocycles. The normalized spacial score (nSPS) is 55.4. The van der Waals surface area contributed by atoms with Crippen LogP contribution >= 0.6 is 0 Å². The van der Waals surface area contributed by atoms with Gasteiger partial charge >= 0.3 is 0 Å². The van der Waals surface area contributed by atoms with E-state index in [1.54, 1.807) is 0 Å². The van der Waals surface area contributed by atoms with Gasteiger partial charge < -0.3 is 15.9 Å². The molecule has 4 aliphatic rings. The van der Waals surface area contributed by atoms with Crippen LogP contribution in [0, 0.1) is 22.7 Å². The lowest BCUT2D eigenvalue weighted by molar-refractivity contribution is -0.00134. The molecule has 2 fully saturated rings. The number of halogens is 1. The number of hydrogen-bond acceptors (Lipinski definition) is 3. The molecule has 0 aromatic carbocycles. The number of allylic oxidation sites excluding steroid dienone is 1. The van der Waals surface area contributed by atoms with Gasteiger partial charge in [0, 0.05) is 17.9 Å². The Morgan fingerprint density at radius 1 is 1.26 bits per heavy atom. The van der Waals surface area contributed by atoms with E-state index in [0.29, 0.717) is 19.3 Å². The van der Waals surface area contributed by atoms with E-state index in [-0.39, 0.29) is 22.7 Å². The molecule has 4 heteroatoms. The minimum atomic E-state index is -0.998. The van der Waals surface area contributed by atoms with Crippen LogP contribution in [0.15, 0.2) is 23.3 Å². The molecular formula is C19H28FNO2. The highest BCUT2D eigenvalue weighted by Crippen LogP contribution is 2.62. The van der Waals surface area contributed by atoms with Crippen LogP contribution in [0.5, 0.6) is 0 Å². The molecule has 128 valence electrons. The average molecular weight is 321 g/mol. The van der Waals surface area contributed by atoms with Gasteiger partial charge in [0.1, 0.15) is 6.17 Å². The molecule has 4 rings (SSSR count). The summed E-state index contributed by atoms with van der Waals surface area (Å²) < 4.78 is 14.3. The number of aliphatic hydroxyl groups excluding tert-OH is 2. The minimum absolute atomic E-state index is 0.0411. The van der Waals surface area contributed by atoms with Crippen molar-refractivity contribution in [2.24, 2.45) is 28.4 Å². The number of hydrogen-bond donors (Lipinski definition) is 3. The molecule has 0 saturated heterocycles. The van der Waals surface area contributed by atoms with Gasteiger partial charge in [0.2, 0.25) is 0 Å². The molecule has 0 aromatic rings. The summed E-state index contributed by atoms with van der Waals surface area (Å²) in [7, 11) is 0. The van der Waals surface area contributed by atoms with Crippen LogP contribution in [0.4, 0.5) is 4.39 Å². The van der Waals surface area contributed by atoms with E-state index in [0.717, 1.165) is 24.0 Å². The zero-order chi connectivity index (χ0) is 16.6. The first kappa shape index (κ1) is 15.8. The molecule has 3 nitrogen and oxygen atoms in total. The number of nitrogens with two attached hydrogens (primary N) is 1. The Morgan fingerprint density at radius 2 is 2.00 bits per heavy atom. The van der Waals surface area contributed by atoms with E-state index in [4.69, 9.17) is 5.73 Å². The first-order chi connectivity index (χ1) is 10.8. The summed E-state index contributed by atoms with van der Waals surface area (Å²) in [5.74, 6) is 0.535. The summed E-state index contributed by atoms with van der Waals surface area (Å²) in [5, 5.41) is 20.8. The number of aliphatic hydroxyl groups is 2. The van der Waals surface area contributed by atoms with Crippen molar-refractivity contribution in [3.63, 3.8) is 0 Å². The first-order valence-corrected chi connectivity index (χ1v) is 8.96. The van der Waals surface area contributed by atoms with Gasteiger partial charge in [-0.1, -0.05) is 31.6 Å². The van der Waals surface area contributed by atoms with Gasteiger partial charge in [-0.3, -0.25) is 0 Å². The summed E-state index contributed by atoms with van der Waals surface area (Å²) >= 11 is 0. The van der Waals surface area contributed by atoms with Crippen LogP contribution in [-0.4, -0.2) is 34.6 Å². The van der Waals surface area contributed by atoms with E-state index in [2.05, 4.69) is 19.9 Å². The van der Waals surface area contributed by atoms with Gasteiger partial charge in [0.05, 0.1) is 12.2 Å². The quantitative estimate of drug-likeness (QED) is 0.601. The Labute approximate surface area is 137 Å². The van der Waals surface area contributed by atoms with Crippen molar-refractivity contribution in [1.82, 2.24) is 0 Å². The minimum Gasteiger partial charge on any atom is -0.389 e. The maximum absolute atomic E-state index is 14.3. The molecular weight excluding hydrogens is 293 g/mol. The lowest BCUT2D eigenvalue weighted by atomic mass is 9.50. The molecule has 23 heavy (non-hydrogen) atoms. The van der Waals surface area contributed by atoms with Crippen LogP contribution in [0.25, 0.3) is 0 Å². The fraction of sp³-hybridized carbons (Fsp3) is 0.789. The van der Waals surface area contributed by atoms with Crippen molar-refractivity contribution >= 4 is 0 Å². The SMILES string of the molecule is C[C@]12CC[C@H]3C(=C1C[C@@H](F)[C@@H]2N)[C@@H](O)CC1C[C@@H](O)C=C[C@@]13C. The average Bonchev–Trinajstić information content (AvgIpc) is 2.73. The number of rotatable bonds is 0. The molecule has 0 heterocycles. The van der Waals surface area contributed by atoms with Gasteiger partial charge in [0.15, 0.2) is 0 Å². The Hall–Kier alpha value is -0.710. The summed E-state index contributed by atoms with van der Waals surface area (Å²) in [4.78, 5) is 0. The molecule has 0 radical (unpaired) electrons. The second-order valence-corrected chi connectivity index (χ2v) is 8.67. The summed E-state index contributed by atoms with van der Waals surface area (Å²) in [6, 6.07) is -0.451. The van der Waals surface area contributed by atoms with Crippen molar-refractivity contribution in [1.29, 1.82) is 0 Å². The van der Waals surface area contributed by atoms with Gasteiger partial charge in [-0.05, 0) is 48.5 Å². The first-order valence-electron chi connectivity index (χ1n) is 8.96.